The van der Waals surface area contributed by atoms with Crippen LogP contribution in [0.1, 0.15) is 83.7 Å². The fourth-order valence-corrected chi connectivity index (χ4v) is 7.27. The number of carbonyl (C=O) groups excluding carboxylic acids is 2. The summed E-state index contributed by atoms with van der Waals surface area (Å²) in [4.78, 5) is 31.1. The molecule has 1 aliphatic rings. The van der Waals surface area contributed by atoms with Gasteiger partial charge >= 0.3 is 12.1 Å². The van der Waals surface area contributed by atoms with Crippen molar-refractivity contribution in [3.63, 3.8) is 0 Å². The molecule has 0 aliphatic heterocycles. The third-order valence-electron chi connectivity index (χ3n) is 6.72. The van der Waals surface area contributed by atoms with E-state index in [2.05, 4.69) is 20.7 Å². The topological polar surface area (TPSA) is 121 Å². The van der Waals surface area contributed by atoms with Crippen molar-refractivity contribution in [2.24, 2.45) is 0 Å². The number of hydrogen-bond donors (Lipinski definition) is 4. The number of benzene rings is 2. The van der Waals surface area contributed by atoms with Crippen LogP contribution < -0.4 is 20.7 Å². The number of rotatable bonds is 8. The Labute approximate surface area is 261 Å². The Morgan fingerprint density at radius 2 is 1.70 bits per heavy atom. The quantitative estimate of drug-likeness (QED) is 0.213. The molecule has 1 saturated carbocycles. The van der Waals surface area contributed by atoms with Crippen molar-refractivity contribution in [3.05, 3.63) is 65.3 Å². The molecule has 3 aromatic rings. The summed E-state index contributed by atoms with van der Waals surface area (Å²) in [6, 6.07) is 14.9. The summed E-state index contributed by atoms with van der Waals surface area (Å²) in [7, 11) is -1.53. The van der Waals surface area contributed by atoms with E-state index in [0.29, 0.717) is 23.0 Å². The summed E-state index contributed by atoms with van der Waals surface area (Å²) >= 11 is 1.61. The minimum absolute atomic E-state index is 0.0907. The van der Waals surface area contributed by atoms with Crippen LogP contribution in [-0.4, -0.2) is 38.5 Å². The highest BCUT2D eigenvalue weighted by atomic mass is 32.2. The molecule has 4 rings (SSSR count). The zero-order valence-electron chi connectivity index (χ0n) is 25.8. The average Bonchev–Trinajstić information content (AvgIpc) is 3.41. The van der Waals surface area contributed by atoms with Crippen LogP contribution in [0.3, 0.4) is 0 Å². The second-order valence-electron chi connectivity index (χ2n) is 12.9. The van der Waals surface area contributed by atoms with Gasteiger partial charge in [0.1, 0.15) is 16.6 Å². The average molecular weight is 626 g/mol. The van der Waals surface area contributed by atoms with Crippen molar-refractivity contribution in [1.29, 1.82) is 0 Å². The molecule has 3 amide bonds. The van der Waals surface area contributed by atoms with Crippen LogP contribution in [0.2, 0.25) is 0 Å². The Balaban J connectivity index is 1.45. The van der Waals surface area contributed by atoms with Gasteiger partial charge in [-0.1, -0.05) is 36.4 Å². The van der Waals surface area contributed by atoms with Gasteiger partial charge in [-0.05, 0) is 84.9 Å². The zero-order valence-corrected chi connectivity index (χ0v) is 27.4. The van der Waals surface area contributed by atoms with E-state index in [1.54, 1.807) is 17.4 Å². The summed E-state index contributed by atoms with van der Waals surface area (Å²) in [5.41, 5.74) is 1.46. The maximum atomic E-state index is 13.5. The van der Waals surface area contributed by atoms with Crippen LogP contribution in [0.5, 0.6) is 0 Å². The van der Waals surface area contributed by atoms with Gasteiger partial charge in [0.05, 0.1) is 14.8 Å². The molecule has 0 radical (unpaired) electrons. The molecule has 1 fully saturated rings. The standard InChI is InChI=1S/C32H43N5O4S2/c1-31(2,3)37-43(40)27-18-24(35-29(38)34-19-21-10-8-7-9-11-21)16-17-25(27)26-20-33-28(42-26)22-12-14-23(15-13-22)36-30(39)41-32(4,5)6/h7-11,16-18,20,22-23,37H,12-15,19H2,1-6H3,(H,36,39)(H2,34,35,38). The highest BCUT2D eigenvalue weighted by molar-refractivity contribution is 7.83. The lowest BCUT2D eigenvalue weighted by atomic mass is 9.86. The number of anilines is 1. The number of hydrogen-bond acceptors (Lipinski definition) is 6. The normalized spacial score (nSPS) is 18.0. The van der Waals surface area contributed by atoms with Gasteiger partial charge in [-0.15, -0.1) is 11.3 Å². The summed E-state index contributed by atoms with van der Waals surface area (Å²) in [5, 5.41) is 9.77. The molecule has 9 nitrogen and oxygen atoms in total. The van der Waals surface area contributed by atoms with Gasteiger partial charge in [0.15, 0.2) is 0 Å². The summed E-state index contributed by atoms with van der Waals surface area (Å²) < 4.78 is 22.1. The number of ether oxygens (including phenoxy) is 1. The third-order valence-corrected chi connectivity index (χ3v) is 9.45. The Hall–Kier alpha value is -3.28. The first-order valence-corrected chi connectivity index (χ1v) is 16.6. The van der Waals surface area contributed by atoms with E-state index in [1.165, 1.54) is 0 Å². The van der Waals surface area contributed by atoms with E-state index in [1.807, 2.05) is 90.2 Å². The number of alkyl carbamates (subject to hydrolysis) is 1. The van der Waals surface area contributed by atoms with Crippen molar-refractivity contribution in [2.45, 2.75) is 102 Å². The molecule has 1 atom stereocenters. The van der Waals surface area contributed by atoms with Crippen LogP contribution in [0.4, 0.5) is 15.3 Å². The largest absolute Gasteiger partial charge is 0.444 e. The zero-order chi connectivity index (χ0) is 31.2. The summed E-state index contributed by atoms with van der Waals surface area (Å²) in [6.45, 7) is 11.9. The predicted octanol–water partition coefficient (Wildman–Crippen LogP) is 7.09. The van der Waals surface area contributed by atoms with Crippen molar-refractivity contribution in [1.82, 2.24) is 20.3 Å². The van der Waals surface area contributed by atoms with Gasteiger partial charge in [-0.3, -0.25) is 0 Å². The highest BCUT2D eigenvalue weighted by Gasteiger charge is 2.28. The Bertz CT molecular complexity index is 1420. The van der Waals surface area contributed by atoms with Crippen LogP contribution in [0.25, 0.3) is 10.4 Å². The number of aromatic nitrogens is 1. The van der Waals surface area contributed by atoms with Crippen LogP contribution in [0.15, 0.2) is 59.6 Å². The van der Waals surface area contributed by atoms with Gasteiger partial charge in [0.25, 0.3) is 0 Å². The second kappa shape index (κ2) is 14.0. The van der Waals surface area contributed by atoms with E-state index < -0.39 is 16.6 Å². The molecule has 0 spiro atoms. The van der Waals surface area contributed by atoms with E-state index in [0.717, 1.165) is 46.7 Å². The lowest BCUT2D eigenvalue weighted by Crippen LogP contribution is -2.40. The molecule has 0 saturated heterocycles. The lowest BCUT2D eigenvalue weighted by Gasteiger charge is -2.29. The van der Waals surface area contributed by atoms with Crippen molar-refractivity contribution in [3.8, 4) is 10.4 Å². The molecule has 1 heterocycles. The number of thiazole rings is 1. The molecule has 1 aromatic heterocycles. The maximum Gasteiger partial charge on any atom is 0.407 e. The van der Waals surface area contributed by atoms with Gasteiger partial charge in [-0.25, -0.2) is 23.5 Å². The van der Waals surface area contributed by atoms with Gasteiger partial charge in [0.2, 0.25) is 0 Å². The molecular weight excluding hydrogens is 583 g/mol. The number of nitrogens with zero attached hydrogens (tertiary/aromatic N) is 1. The highest BCUT2D eigenvalue weighted by Crippen LogP contribution is 2.39. The predicted molar refractivity (Wildman–Crippen MR) is 174 cm³/mol. The first kappa shape index (κ1) is 32.6. The first-order valence-electron chi connectivity index (χ1n) is 14.6. The number of urea groups is 1. The minimum Gasteiger partial charge on any atom is -0.444 e. The molecule has 4 N–H and O–H groups in total. The number of nitrogens with one attached hydrogen (secondary N) is 4. The molecule has 43 heavy (non-hydrogen) atoms. The fraction of sp³-hybridized carbons (Fsp3) is 0.469. The monoisotopic (exact) mass is 625 g/mol. The minimum atomic E-state index is -1.53. The van der Waals surface area contributed by atoms with E-state index in [4.69, 9.17) is 9.72 Å². The Kier molecular flexibility index (Phi) is 10.6. The molecule has 2 aromatic carbocycles. The Morgan fingerprint density at radius 1 is 1.00 bits per heavy atom. The van der Waals surface area contributed by atoms with Gasteiger partial charge < -0.3 is 20.7 Å². The first-order chi connectivity index (χ1) is 20.3. The van der Waals surface area contributed by atoms with E-state index >= 15 is 0 Å². The Morgan fingerprint density at radius 3 is 2.35 bits per heavy atom. The molecule has 1 aliphatic carbocycles. The van der Waals surface area contributed by atoms with Crippen LogP contribution in [-0.2, 0) is 22.3 Å². The SMILES string of the molecule is CC(C)(C)NS(=O)c1cc(NC(=O)NCc2ccccc2)ccc1-c1cnc(C2CCC(NC(=O)OC(C)(C)C)CC2)s1. The summed E-state index contributed by atoms with van der Waals surface area (Å²) in [6.07, 6.45) is 5.02. The second-order valence-corrected chi connectivity index (χ2v) is 15.1. The van der Waals surface area contributed by atoms with Crippen molar-refractivity contribution >= 4 is 40.1 Å². The molecular formula is C32H43N5O4S2. The maximum absolute atomic E-state index is 13.5. The third kappa shape index (κ3) is 10.1. The number of amides is 3. The molecule has 0 bridgehead atoms. The smallest absolute Gasteiger partial charge is 0.407 e. The van der Waals surface area contributed by atoms with Crippen LogP contribution in [0, 0.1) is 0 Å². The molecule has 232 valence electrons. The van der Waals surface area contributed by atoms with Gasteiger partial charge in [0, 0.05) is 41.5 Å². The van der Waals surface area contributed by atoms with Crippen molar-refractivity contribution < 1.29 is 18.5 Å². The van der Waals surface area contributed by atoms with E-state index in [9.17, 15) is 13.8 Å². The molecule has 11 heteroatoms. The number of carbonyl (C=O) groups is 2. The van der Waals surface area contributed by atoms with Crippen molar-refractivity contribution in [2.75, 3.05) is 5.32 Å². The van der Waals surface area contributed by atoms with Gasteiger partial charge in [-0.2, -0.15) is 0 Å². The van der Waals surface area contributed by atoms with E-state index in [-0.39, 0.29) is 23.7 Å². The molecule has 1 unspecified atom stereocenters. The fourth-order valence-electron chi connectivity index (χ4n) is 4.80. The lowest BCUT2D eigenvalue weighted by molar-refractivity contribution is 0.0491. The summed E-state index contributed by atoms with van der Waals surface area (Å²) in [5.74, 6) is 0.298. The van der Waals surface area contributed by atoms with Crippen LogP contribution >= 0.6 is 11.3 Å².